The average Bonchev–Trinajstić information content (AvgIpc) is 2.30. The molecule has 1 aliphatic carbocycles. The van der Waals surface area contributed by atoms with Gasteiger partial charge in [0.2, 0.25) is 5.91 Å². The third kappa shape index (κ3) is 4.12. The van der Waals surface area contributed by atoms with E-state index in [1.807, 2.05) is 0 Å². The number of aliphatic hydroxyl groups is 1. The maximum absolute atomic E-state index is 11.8. The highest BCUT2D eigenvalue weighted by Crippen LogP contribution is 2.23. The van der Waals surface area contributed by atoms with Gasteiger partial charge in [-0.05, 0) is 44.4 Å². The first-order chi connectivity index (χ1) is 7.67. The minimum absolute atomic E-state index is 0.106. The first-order valence-electron chi connectivity index (χ1n) is 6.63. The van der Waals surface area contributed by atoms with Gasteiger partial charge in [0.25, 0.3) is 0 Å². The van der Waals surface area contributed by atoms with Crippen molar-refractivity contribution in [2.45, 2.75) is 58.5 Å². The van der Waals surface area contributed by atoms with Gasteiger partial charge in [0, 0.05) is 12.5 Å². The predicted molar refractivity (Wildman–Crippen MR) is 65.0 cm³/mol. The van der Waals surface area contributed by atoms with E-state index in [4.69, 9.17) is 0 Å². The molecule has 0 aromatic carbocycles. The molecule has 16 heavy (non-hydrogen) atoms. The number of rotatable bonds is 5. The zero-order valence-electron chi connectivity index (χ0n) is 10.5. The van der Waals surface area contributed by atoms with Crippen LogP contribution in [0.5, 0.6) is 0 Å². The summed E-state index contributed by atoms with van der Waals surface area (Å²) >= 11 is 0. The highest BCUT2D eigenvalue weighted by Gasteiger charge is 2.21. The van der Waals surface area contributed by atoms with Crippen LogP contribution in [0, 0.1) is 11.8 Å². The van der Waals surface area contributed by atoms with Crippen molar-refractivity contribution in [3.05, 3.63) is 0 Å². The molecular formula is C13H25NO2. The molecule has 3 nitrogen and oxygen atoms in total. The SMILES string of the molecule is CCC(CC)C(=O)NCC1CCC(O)CC1. The second kappa shape index (κ2) is 6.89. The number of hydrogen-bond acceptors (Lipinski definition) is 2. The lowest BCUT2D eigenvalue weighted by Gasteiger charge is -2.26. The minimum Gasteiger partial charge on any atom is -0.393 e. The van der Waals surface area contributed by atoms with Crippen LogP contribution in [0.25, 0.3) is 0 Å². The summed E-state index contributed by atoms with van der Waals surface area (Å²) in [5.74, 6) is 0.951. The summed E-state index contributed by atoms with van der Waals surface area (Å²) in [7, 11) is 0. The zero-order valence-corrected chi connectivity index (χ0v) is 10.5. The van der Waals surface area contributed by atoms with Gasteiger partial charge in [-0.3, -0.25) is 4.79 Å². The molecule has 1 rings (SSSR count). The Labute approximate surface area is 98.6 Å². The normalized spacial score (nSPS) is 25.8. The summed E-state index contributed by atoms with van der Waals surface area (Å²) in [6.07, 6.45) is 5.62. The van der Waals surface area contributed by atoms with Crippen molar-refractivity contribution in [2.75, 3.05) is 6.54 Å². The molecule has 0 atom stereocenters. The fourth-order valence-electron chi connectivity index (χ4n) is 2.40. The molecule has 0 aliphatic heterocycles. The van der Waals surface area contributed by atoms with E-state index in [0.29, 0.717) is 5.92 Å². The lowest BCUT2D eigenvalue weighted by atomic mass is 9.87. The molecule has 0 spiro atoms. The van der Waals surface area contributed by atoms with Crippen LogP contribution >= 0.6 is 0 Å². The van der Waals surface area contributed by atoms with Crippen LogP contribution in [-0.4, -0.2) is 23.7 Å². The van der Waals surface area contributed by atoms with E-state index in [1.54, 1.807) is 0 Å². The molecule has 1 fully saturated rings. The van der Waals surface area contributed by atoms with Crippen molar-refractivity contribution in [1.29, 1.82) is 0 Å². The second-order valence-corrected chi connectivity index (χ2v) is 4.93. The van der Waals surface area contributed by atoms with Crippen molar-refractivity contribution >= 4 is 5.91 Å². The molecule has 0 saturated heterocycles. The molecule has 2 N–H and O–H groups in total. The molecule has 0 heterocycles. The summed E-state index contributed by atoms with van der Waals surface area (Å²) in [6.45, 7) is 4.91. The second-order valence-electron chi connectivity index (χ2n) is 4.93. The van der Waals surface area contributed by atoms with Crippen LogP contribution in [0.4, 0.5) is 0 Å². The quantitative estimate of drug-likeness (QED) is 0.755. The molecule has 1 amide bonds. The lowest BCUT2D eigenvalue weighted by molar-refractivity contribution is -0.125. The molecule has 0 radical (unpaired) electrons. The number of aliphatic hydroxyl groups excluding tert-OH is 1. The topological polar surface area (TPSA) is 49.3 Å². The van der Waals surface area contributed by atoms with E-state index < -0.39 is 0 Å². The minimum atomic E-state index is -0.106. The lowest BCUT2D eigenvalue weighted by Crippen LogP contribution is -2.35. The average molecular weight is 227 g/mol. The van der Waals surface area contributed by atoms with Gasteiger partial charge < -0.3 is 10.4 Å². The van der Waals surface area contributed by atoms with Crippen molar-refractivity contribution < 1.29 is 9.90 Å². The van der Waals surface area contributed by atoms with Gasteiger partial charge in [-0.25, -0.2) is 0 Å². The Morgan fingerprint density at radius 1 is 1.25 bits per heavy atom. The van der Waals surface area contributed by atoms with Crippen LogP contribution in [0.3, 0.4) is 0 Å². The van der Waals surface area contributed by atoms with Gasteiger partial charge in [0.15, 0.2) is 0 Å². The number of hydrogen-bond donors (Lipinski definition) is 2. The summed E-state index contributed by atoms with van der Waals surface area (Å²) in [4.78, 5) is 11.8. The summed E-state index contributed by atoms with van der Waals surface area (Å²) in [5, 5.41) is 12.4. The van der Waals surface area contributed by atoms with Crippen molar-refractivity contribution in [2.24, 2.45) is 11.8 Å². The Morgan fingerprint density at radius 3 is 2.31 bits per heavy atom. The Bertz CT molecular complexity index is 206. The maximum Gasteiger partial charge on any atom is 0.223 e. The standard InChI is InChI=1S/C13H25NO2/c1-3-11(4-2)13(16)14-9-10-5-7-12(15)8-6-10/h10-12,15H,3-9H2,1-2H3,(H,14,16). The summed E-state index contributed by atoms with van der Waals surface area (Å²) < 4.78 is 0. The van der Waals surface area contributed by atoms with Gasteiger partial charge in [0.1, 0.15) is 0 Å². The van der Waals surface area contributed by atoms with Gasteiger partial charge in [-0.1, -0.05) is 13.8 Å². The third-order valence-electron chi connectivity index (χ3n) is 3.74. The first-order valence-corrected chi connectivity index (χ1v) is 6.63. The number of carbonyl (C=O) groups excluding carboxylic acids is 1. The molecule has 94 valence electrons. The summed E-state index contributed by atoms with van der Waals surface area (Å²) in [6, 6.07) is 0. The first kappa shape index (κ1) is 13.5. The molecule has 1 aliphatic rings. The smallest absolute Gasteiger partial charge is 0.223 e. The van der Waals surface area contributed by atoms with Gasteiger partial charge in [-0.2, -0.15) is 0 Å². The van der Waals surface area contributed by atoms with Gasteiger partial charge in [0.05, 0.1) is 6.10 Å². The van der Waals surface area contributed by atoms with E-state index in [0.717, 1.165) is 45.1 Å². The Hall–Kier alpha value is -0.570. The van der Waals surface area contributed by atoms with Crippen molar-refractivity contribution in [3.63, 3.8) is 0 Å². The van der Waals surface area contributed by atoms with E-state index >= 15 is 0 Å². The highest BCUT2D eigenvalue weighted by atomic mass is 16.3. The Morgan fingerprint density at radius 2 is 1.81 bits per heavy atom. The molecule has 0 aromatic heterocycles. The molecule has 3 heteroatoms. The van der Waals surface area contributed by atoms with Crippen molar-refractivity contribution in [1.82, 2.24) is 5.32 Å². The van der Waals surface area contributed by atoms with Crippen LogP contribution in [0.2, 0.25) is 0 Å². The van der Waals surface area contributed by atoms with Crippen LogP contribution < -0.4 is 5.32 Å². The van der Waals surface area contributed by atoms with E-state index in [9.17, 15) is 9.90 Å². The molecule has 0 aromatic rings. The fraction of sp³-hybridized carbons (Fsp3) is 0.923. The molecule has 0 bridgehead atoms. The van der Waals surface area contributed by atoms with Crippen LogP contribution in [-0.2, 0) is 4.79 Å². The largest absolute Gasteiger partial charge is 0.393 e. The monoisotopic (exact) mass is 227 g/mol. The fourth-order valence-corrected chi connectivity index (χ4v) is 2.40. The van der Waals surface area contributed by atoms with Crippen molar-refractivity contribution in [3.8, 4) is 0 Å². The molecule has 1 saturated carbocycles. The number of nitrogens with one attached hydrogen (secondary N) is 1. The van der Waals surface area contributed by atoms with E-state index in [2.05, 4.69) is 19.2 Å². The van der Waals surface area contributed by atoms with E-state index in [-0.39, 0.29) is 17.9 Å². The third-order valence-corrected chi connectivity index (χ3v) is 3.74. The highest BCUT2D eigenvalue weighted by molar-refractivity contribution is 5.78. The number of carbonyl (C=O) groups is 1. The summed E-state index contributed by atoms with van der Waals surface area (Å²) in [5.41, 5.74) is 0. The number of amides is 1. The van der Waals surface area contributed by atoms with Crippen LogP contribution in [0.1, 0.15) is 52.4 Å². The zero-order chi connectivity index (χ0) is 12.0. The predicted octanol–water partition coefficient (Wildman–Crippen LogP) is 2.09. The Kier molecular flexibility index (Phi) is 5.81. The van der Waals surface area contributed by atoms with Crippen LogP contribution in [0.15, 0.2) is 0 Å². The maximum atomic E-state index is 11.8. The van der Waals surface area contributed by atoms with Gasteiger partial charge >= 0.3 is 0 Å². The molecular weight excluding hydrogens is 202 g/mol. The molecule has 0 unspecified atom stereocenters. The van der Waals surface area contributed by atoms with E-state index in [1.165, 1.54) is 0 Å². The van der Waals surface area contributed by atoms with Gasteiger partial charge in [-0.15, -0.1) is 0 Å². The Balaban J connectivity index is 2.21.